The van der Waals surface area contributed by atoms with Crippen LogP contribution in [0.5, 0.6) is 11.5 Å². The van der Waals surface area contributed by atoms with E-state index in [1.807, 2.05) is 38.1 Å². The highest BCUT2D eigenvalue weighted by molar-refractivity contribution is 6.30. The van der Waals surface area contributed by atoms with Crippen molar-refractivity contribution in [3.05, 3.63) is 70.5 Å². The number of ether oxygens (including phenoxy) is 2. The van der Waals surface area contributed by atoms with Gasteiger partial charge in [-0.1, -0.05) is 11.6 Å². The number of halogens is 1. The highest BCUT2D eigenvalue weighted by Crippen LogP contribution is 2.29. The van der Waals surface area contributed by atoms with Crippen molar-refractivity contribution in [2.45, 2.75) is 20.4 Å². The second-order valence-corrected chi connectivity index (χ2v) is 7.02. The van der Waals surface area contributed by atoms with Gasteiger partial charge in [0.25, 0.3) is 0 Å². The Kier molecular flexibility index (Phi) is 6.34. The third kappa shape index (κ3) is 4.66. The van der Waals surface area contributed by atoms with Crippen molar-refractivity contribution in [1.29, 1.82) is 0 Å². The molecule has 1 heterocycles. The SMILES string of the molecule is COc1ccc(OC)c(NC(=O)NCc2cc(C)n(-c3ccc(Cl)cc3)c2C)c1. The molecule has 7 heteroatoms. The van der Waals surface area contributed by atoms with Gasteiger partial charge < -0.3 is 24.7 Å². The van der Waals surface area contributed by atoms with E-state index in [1.54, 1.807) is 32.4 Å². The second-order valence-electron chi connectivity index (χ2n) is 6.58. The zero-order valence-electron chi connectivity index (χ0n) is 16.9. The van der Waals surface area contributed by atoms with Crippen LogP contribution in [0.1, 0.15) is 17.0 Å². The Hall–Kier alpha value is -3.12. The average molecular weight is 414 g/mol. The maximum atomic E-state index is 12.4. The number of nitrogens with one attached hydrogen (secondary N) is 2. The third-order valence-corrected chi connectivity index (χ3v) is 4.97. The number of hydrogen-bond acceptors (Lipinski definition) is 3. The van der Waals surface area contributed by atoms with E-state index in [-0.39, 0.29) is 6.03 Å². The summed E-state index contributed by atoms with van der Waals surface area (Å²) in [5, 5.41) is 6.40. The van der Waals surface area contributed by atoms with Gasteiger partial charge in [-0.05, 0) is 61.9 Å². The van der Waals surface area contributed by atoms with Crippen molar-refractivity contribution >= 4 is 23.3 Å². The molecule has 0 unspecified atom stereocenters. The molecular weight excluding hydrogens is 390 g/mol. The van der Waals surface area contributed by atoms with Gasteiger partial charge in [-0.2, -0.15) is 0 Å². The van der Waals surface area contributed by atoms with Crippen LogP contribution < -0.4 is 20.1 Å². The van der Waals surface area contributed by atoms with E-state index in [2.05, 4.69) is 21.3 Å². The molecular formula is C22H24ClN3O3. The summed E-state index contributed by atoms with van der Waals surface area (Å²) < 4.78 is 12.6. The standard InChI is InChI=1S/C22H24ClN3O3/c1-14-11-16(15(2)26(14)18-7-5-17(23)6-8-18)13-24-22(27)25-20-12-19(28-3)9-10-21(20)29-4/h5-12H,13H2,1-4H3,(H2,24,25,27). The van der Waals surface area contributed by atoms with E-state index in [9.17, 15) is 4.79 Å². The molecule has 3 rings (SSSR count). The first-order chi connectivity index (χ1) is 13.9. The number of aromatic nitrogens is 1. The number of methoxy groups -OCH3 is 2. The summed E-state index contributed by atoms with van der Waals surface area (Å²) in [7, 11) is 3.12. The molecule has 0 saturated carbocycles. The zero-order valence-corrected chi connectivity index (χ0v) is 17.6. The summed E-state index contributed by atoms with van der Waals surface area (Å²) >= 11 is 6.00. The molecule has 6 nitrogen and oxygen atoms in total. The molecule has 29 heavy (non-hydrogen) atoms. The molecule has 1 aromatic heterocycles. The van der Waals surface area contributed by atoms with E-state index in [1.165, 1.54) is 0 Å². The molecule has 0 radical (unpaired) electrons. The van der Waals surface area contributed by atoms with E-state index in [4.69, 9.17) is 21.1 Å². The van der Waals surface area contributed by atoms with Crippen molar-refractivity contribution in [1.82, 2.24) is 9.88 Å². The summed E-state index contributed by atoms with van der Waals surface area (Å²) in [6, 6.07) is 14.6. The predicted octanol–water partition coefficient (Wildman–Crippen LogP) is 5.09. The van der Waals surface area contributed by atoms with Gasteiger partial charge in [0.15, 0.2) is 0 Å². The highest BCUT2D eigenvalue weighted by atomic mass is 35.5. The first kappa shape index (κ1) is 20.6. The third-order valence-electron chi connectivity index (χ3n) is 4.72. The zero-order chi connectivity index (χ0) is 21.0. The first-order valence-corrected chi connectivity index (χ1v) is 9.51. The van der Waals surface area contributed by atoms with Crippen molar-refractivity contribution in [2.75, 3.05) is 19.5 Å². The molecule has 2 aromatic carbocycles. The molecule has 0 saturated heterocycles. The normalized spacial score (nSPS) is 10.5. The van der Waals surface area contributed by atoms with Gasteiger partial charge in [0.2, 0.25) is 0 Å². The van der Waals surface area contributed by atoms with Crippen molar-refractivity contribution in [2.24, 2.45) is 0 Å². The molecule has 3 aromatic rings. The average Bonchev–Trinajstić information content (AvgIpc) is 3.00. The van der Waals surface area contributed by atoms with Crippen LogP contribution in [0.3, 0.4) is 0 Å². The number of aryl methyl sites for hydroxylation is 1. The first-order valence-electron chi connectivity index (χ1n) is 9.13. The molecule has 0 aliphatic carbocycles. The summed E-state index contributed by atoms with van der Waals surface area (Å²) in [4.78, 5) is 12.4. The lowest BCUT2D eigenvalue weighted by atomic mass is 10.2. The topological polar surface area (TPSA) is 64.5 Å². The quantitative estimate of drug-likeness (QED) is 0.591. The van der Waals surface area contributed by atoms with Crippen LogP contribution in [0.2, 0.25) is 5.02 Å². The number of amides is 2. The molecule has 152 valence electrons. The van der Waals surface area contributed by atoms with Gasteiger partial charge in [-0.3, -0.25) is 0 Å². The number of benzene rings is 2. The monoisotopic (exact) mass is 413 g/mol. The lowest BCUT2D eigenvalue weighted by Gasteiger charge is -2.13. The fraction of sp³-hybridized carbons (Fsp3) is 0.227. The summed E-state index contributed by atoms with van der Waals surface area (Å²) in [6.45, 7) is 4.46. The number of carbonyl (C=O) groups is 1. The fourth-order valence-corrected chi connectivity index (χ4v) is 3.38. The van der Waals surface area contributed by atoms with Crippen molar-refractivity contribution in [3.8, 4) is 17.2 Å². The maximum Gasteiger partial charge on any atom is 0.319 e. The summed E-state index contributed by atoms with van der Waals surface area (Å²) in [6.07, 6.45) is 0. The Morgan fingerprint density at radius 3 is 2.41 bits per heavy atom. The van der Waals surface area contributed by atoms with Crippen LogP contribution >= 0.6 is 11.6 Å². The van der Waals surface area contributed by atoms with E-state index >= 15 is 0 Å². The minimum Gasteiger partial charge on any atom is -0.497 e. The Morgan fingerprint density at radius 2 is 1.76 bits per heavy atom. The molecule has 0 bridgehead atoms. The lowest BCUT2D eigenvalue weighted by molar-refractivity contribution is 0.251. The minimum absolute atomic E-state index is 0.326. The van der Waals surface area contributed by atoms with Crippen molar-refractivity contribution in [3.63, 3.8) is 0 Å². The number of rotatable bonds is 6. The van der Waals surface area contributed by atoms with Gasteiger partial charge >= 0.3 is 6.03 Å². The van der Waals surface area contributed by atoms with E-state index in [0.717, 1.165) is 22.6 Å². The summed E-state index contributed by atoms with van der Waals surface area (Å²) in [5.41, 5.74) is 4.74. The van der Waals surface area contributed by atoms with Crippen LogP contribution in [0.25, 0.3) is 5.69 Å². The van der Waals surface area contributed by atoms with Crippen LogP contribution in [-0.4, -0.2) is 24.8 Å². The van der Waals surface area contributed by atoms with Gasteiger partial charge in [0.1, 0.15) is 11.5 Å². The summed E-state index contributed by atoms with van der Waals surface area (Å²) in [5.74, 6) is 1.19. The van der Waals surface area contributed by atoms with Crippen LogP contribution in [0, 0.1) is 13.8 Å². The number of hydrogen-bond donors (Lipinski definition) is 2. The van der Waals surface area contributed by atoms with E-state index < -0.39 is 0 Å². The number of urea groups is 1. The molecule has 0 atom stereocenters. The molecule has 2 amide bonds. The van der Waals surface area contributed by atoms with Crippen molar-refractivity contribution < 1.29 is 14.3 Å². The Morgan fingerprint density at radius 1 is 1.03 bits per heavy atom. The Bertz CT molecular complexity index is 1010. The van der Waals surface area contributed by atoms with Gasteiger partial charge in [0, 0.05) is 34.7 Å². The smallest absolute Gasteiger partial charge is 0.319 e. The lowest BCUT2D eigenvalue weighted by Crippen LogP contribution is -2.28. The van der Waals surface area contributed by atoms with Gasteiger partial charge in [-0.25, -0.2) is 4.79 Å². The number of carbonyl (C=O) groups excluding carboxylic acids is 1. The van der Waals surface area contributed by atoms with Gasteiger partial charge in [-0.15, -0.1) is 0 Å². The van der Waals surface area contributed by atoms with E-state index in [0.29, 0.717) is 28.8 Å². The Labute approximate surface area is 175 Å². The molecule has 0 spiro atoms. The molecule has 0 fully saturated rings. The molecule has 0 aliphatic rings. The fourth-order valence-electron chi connectivity index (χ4n) is 3.25. The predicted molar refractivity (Wildman–Crippen MR) is 116 cm³/mol. The molecule has 2 N–H and O–H groups in total. The number of anilines is 1. The van der Waals surface area contributed by atoms with Gasteiger partial charge in [0.05, 0.1) is 19.9 Å². The second kappa shape index (κ2) is 8.92. The molecule has 0 aliphatic heterocycles. The number of nitrogens with zero attached hydrogens (tertiary/aromatic N) is 1. The van der Waals surface area contributed by atoms with Crippen LogP contribution in [0.4, 0.5) is 10.5 Å². The maximum absolute atomic E-state index is 12.4. The Balaban J connectivity index is 1.71. The highest BCUT2D eigenvalue weighted by Gasteiger charge is 2.13. The van der Waals surface area contributed by atoms with Crippen LogP contribution in [-0.2, 0) is 6.54 Å². The minimum atomic E-state index is -0.326. The largest absolute Gasteiger partial charge is 0.497 e. The van der Waals surface area contributed by atoms with Crippen LogP contribution in [0.15, 0.2) is 48.5 Å².